The van der Waals surface area contributed by atoms with Crippen LogP contribution in [0.5, 0.6) is 11.5 Å². The molecule has 0 unspecified atom stereocenters. The smallest absolute Gasteiger partial charge is 0.308 e. The highest BCUT2D eigenvalue weighted by molar-refractivity contribution is 5.69. The molecule has 1 aromatic rings. The molecular formula is C12H15O3. The Morgan fingerprint density at radius 2 is 1.87 bits per heavy atom. The monoisotopic (exact) mass is 207 g/mol. The number of benzene rings is 1. The van der Waals surface area contributed by atoms with Gasteiger partial charge in [0.05, 0.1) is 0 Å². The highest BCUT2D eigenvalue weighted by Crippen LogP contribution is 2.22. The summed E-state index contributed by atoms with van der Waals surface area (Å²) >= 11 is 0. The molecule has 3 nitrogen and oxygen atoms in total. The van der Waals surface area contributed by atoms with E-state index in [0.29, 0.717) is 11.5 Å². The largest absolute Gasteiger partial charge is 0.488 e. The van der Waals surface area contributed by atoms with Gasteiger partial charge in [-0.3, -0.25) is 4.79 Å². The summed E-state index contributed by atoms with van der Waals surface area (Å²) < 4.78 is 10.5. The predicted octanol–water partition coefficient (Wildman–Crippen LogP) is 2.59. The summed E-state index contributed by atoms with van der Waals surface area (Å²) in [6, 6.07) is 7.83. The van der Waals surface area contributed by atoms with E-state index >= 15 is 0 Å². The summed E-state index contributed by atoms with van der Waals surface area (Å²) in [4.78, 5) is 10.7. The third-order valence-electron chi connectivity index (χ3n) is 1.42. The second kappa shape index (κ2) is 4.34. The van der Waals surface area contributed by atoms with Crippen molar-refractivity contribution in [1.29, 1.82) is 0 Å². The molecule has 0 saturated heterocycles. The average molecular weight is 207 g/mol. The first-order valence-corrected chi connectivity index (χ1v) is 4.75. The van der Waals surface area contributed by atoms with Gasteiger partial charge in [-0.2, -0.15) is 0 Å². The second-order valence-corrected chi connectivity index (χ2v) is 4.21. The van der Waals surface area contributed by atoms with E-state index in [1.165, 1.54) is 6.92 Å². The van der Waals surface area contributed by atoms with Crippen LogP contribution in [-0.4, -0.2) is 11.6 Å². The van der Waals surface area contributed by atoms with Crippen LogP contribution in [0.25, 0.3) is 0 Å². The van der Waals surface area contributed by atoms with Gasteiger partial charge in [-0.25, -0.2) is 0 Å². The zero-order valence-electron chi connectivity index (χ0n) is 9.46. The molecule has 1 radical (unpaired) electrons. The van der Waals surface area contributed by atoms with E-state index in [4.69, 9.17) is 9.47 Å². The molecule has 3 heteroatoms. The highest BCUT2D eigenvalue weighted by Gasteiger charge is 2.12. The van der Waals surface area contributed by atoms with Crippen molar-refractivity contribution in [3.63, 3.8) is 0 Å². The molecule has 0 aliphatic carbocycles. The quantitative estimate of drug-likeness (QED) is 0.552. The van der Waals surface area contributed by atoms with Crippen LogP contribution >= 0.6 is 0 Å². The van der Waals surface area contributed by atoms with E-state index in [2.05, 4.69) is 6.07 Å². The van der Waals surface area contributed by atoms with Crippen LogP contribution in [0.3, 0.4) is 0 Å². The minimum Gasteiger partial charge on any atom is -0.488 e. The van der Waals surface area contributed by atoms with Crippen LogP contribution in [0.15, 0.2) is 18.2 Å². The number of carbonyl (C=O) groups is 1. The fourth-order valence-corrected chi connectivity index (χ4v) is 1.07. The first-order valence-electron chi connectivity index (χ1n) is 4.75. The summed E-state index contributed by atoms with van der Waals surface area (Å²) in [6.45, 7) is 7.21. The maximum atomic E-state index is 10.7. The van der Waals surface area contributed by atoms with Gasteiger partial charge in [-0.05, 0) is 39.0 Å². The first kappa shape index (κ1) is 11.6. The fraction of sp³-hybridized carbons (Fsp3) is 0.417. The lowest BCUT2D eigenvalue weighted by atomic mass is 10.2. The van der Waals surface area contributed by atoms with Gasteiger partial charge in [0.25, 0.3) is 0 Å². The Morgan fingerprint density at radius 1 is 1.27 bits per heavy atom. The van der Waals surface area contributed by atoms with Crippen molar-refractivity contribution in [3.8, 4) is 11.5 Å². The Kier molecular flexibility index (Phi) is 3.35. The van der Waals surface area contributed by atoms with Gasteiger partial charge < -0.3 is 9.47 Å². The maximum absolute atomic E-state index is 10.7. The van der Waals surface area contributed by atoms with Gasteiger partial charge >= 0.3 is 5.97 Å². The van der Waals surface area contributed by atoms with Crippen LogP contribution in [0.4, 0.5) is 0 Å². The summed E-state index contributed by atoms with van der Waals surface area (Å²) in [5, 5.41) is 0. The Balaban J connectivity index is 2.79. The minimum absolute atomic E-state index is 0.275. The van der Waals surface area contributed by atoms with Crippen molar-refractivity contribution < 1.29 is 14.3 Å². The first-order chi connectivity index (χ1) is 6.87. The molecule has 81 valence electrons. The van der Waals surface area contributed by atoms with Crippen LogP contribution < -0.4 is 9.47 Å². The van der Waals surface area contributed by atoms with Gasteiger partial charge in [0.1, 0.15) is 17.1 Å². The molecule has 0 heterocycles. The van der Waals surface area contributed by atoms with Crippen LogP contribution in [0.1, 0.15) is 27.7 Å². The standard InChI is InChI=1S/C12H15O3/c1-9(13)14-10-6-5-7-11(8-10)15-12(2,3)4/h6-8H,1-4H3. The Hall–Kier alpha value is -1.51. The molecule has 0 N–H and O–H groups in total. The molecule has 0 amide bonds. The Bertz CT molecular complexity index is 350. The lowest BCUT2D eigenvalue weighted by Gasteiger charge is -2.21. The third-order valence-corrected chi connectivity index (χ3v) is 1.42. The lowest BCUT2D eigenvalue weighted by molar-refractivity contribution is -0.131. The predicted molar refractivity (Wildman–Crippen MR) is 57.0 cm³/mol. The zero-order chi connectivity index (χ0) is 11.5. The van der Waals surface area contributed by atoms with Gasteiger partial charge in [-0.15, -0.1) is 0 Å². The van der Waals surface area contributed by atoms with Crippen molar-refractivity contribution in [2.75, 3.05) is 0 Å². The van der Waals surface area contributed by atoms with E-state index < -0.39 is 0 Å². The molecule has 0 aromatic heterocycles. The van der Waals surface area contributed by atoms with E-state index in [-0.39, 0.29) is 11.6 Å². The zero-order valence-corrected chi connectivity index (χ0v) is 9.46. The molecule has 0 aliphatic rings. The van der Waals surface area contributed by atoms with Crippen LogP contribution in [-0.2, 0) is 4.79 Å². The fourth-order valence-electron chi connectivity index (χ4n) is 1.07. The number of ether oxygens (including phenoxy) is 2. The number of esters is 1. The van der Waals surface area contributed by atoms with Gasteiger partial charge in [0, 0.05) is 13.0 Å². The molecule has 1 aromatic carbocycles. The lowest BCUT2D eigenvalue weighted by Crippen LogP contribution is -2.22. The van der Waals surface area contributed by atoms with Gasteiger partial charge in [0.15, 0.2) is 0 Å². The summed E-state index contributed by atoms with van der Waals surface area (Å²) in [6.07, 6.45) is 0. The van der Waals surface area contributed by atoms with E-state index in [9.17, 15) is 4.79 Å². The molecular weight excluding hydrogens is 192 g/mol. The molecule has 15 heavy (non-hydrogen) atoms. The van der Waals surface area contributed by atoms with E-state index in [1.54, 1.807) is 18.2 Å². The molecule has 0 spiro atoms. The Morgan fingerprint density at radius 3 is 2.40 bits per heavy atom. The topological polar surface area (TPSA) is 35.5 Å². The molecule has 0 bridgehead atoms. The van der Waals surface area contributed by atoms with Gasteiger partial charge in [0.2, 0.25) is 0 Å². The number of hydrogen-bond acceptors (Lipinski definition) is 3. The third kappa shape index (κ3) is 4.49. The maximum Gasteiger partial charge on any atom is 0.308 e. The number of hydrogen-bond donors (Lipinski definition) is 0. The molecule has 0 atom stereocenters. The summed E-state index contributed by atoms with van der Waals surface area (Å²) in [5.41, 5.74) is -0.275. The SMILES string of the molecule is CC(=O)Oc1c[c]cc(OC(C)(C)C)c1. The molecule has 0 aliphatic heterocycles. The van der Waals surface area contributed by atoms with Crippen molar-refractivity contribution in [2.45, 2.75) is 33.3 Å². The second-order valence-electron chi connectivity index (χ2n) is 4.21. The van der Waals surface area contributed by atoms with Crippen molar-refractivity contribution in [1.82, 2.24) is 0 Å². The van der Waals surface area contributed by atoms with E-state index in [0.717, 1.165) is 0 Å². The van der Waals surface area contributed by atoms with Gasteiger partial charge in [-0.1, -0.05) is 0 Å². The van der Waals surface area contributed by atoms with Crippen LogP contribution in [0.2, 0.25) is 0 Å². The van der Waals surface area contributed by atoms with Crippen molar-refractivity contribution in [2.24, 2.45) is 0 Å². The van der Waals surface area contributed by atoms with Crippen molar-refractivity contribution >= 4 is 5.97 Å². The number of rotatable bonds is 2. The minimum atomic E-state index is -0.351. The molecule has 1 rings (SSSR count). The molecule has 0 saturated carbocycles. The van der Waals surface area contributed by atoms with E-state index in [1.807, 2.05) is 20.8 Å². The summed E-state index contributed by atoms with van der Waals surface area (Å²) in [7, 11) is 0. The van der Waals surface area contributed by atoms with Crippen molar-refractivity contribution in [3.05, 3.63) is 24.3 Å². The normalized spacial score (nSPS) is 10.9. The molecule has 0 fully saturated rings. The Labute approximate surface area is 90.0 Å². The average Bonchev–Trinajstić information content (AvgIpc) is 1.99. The highest BCUT2D eigenvalue weighted by atomic mass is 16.5. The van der Waals surface area contributed by atoms with Crippen LogP contribution in [0, 0.1) is 6.07 Å². The number of carbonyl (C=O) groups excluding carboxylic acids is 1. The summed E-state index contributed by atoms with van der Waals surface area (Å²) in [5.74, 6) is 0.738.